The molecule has 5 nitrogen and oxygen atoms in total. The maximum atomic E-state index is 14.4. The molecule has 2 amide bonds. The van der Waals surface area contributed by atoms with Gasteiger partial charge in [0, 0.05) is 30.6 Å². The van der Waals surface area contributed by atoms with Crippen molar-refractivity contribution in [1.82, 2.24) is 0 Å². The van der Waals surface area contributed by atoms with Crippen LogP contribution in [0.2, 0.25) is 0 Å². The minimum absolute atomic E-state index is 0. The molecule has 2 aliphatic carbocycles. The second-order valence-corrected chi connectivity index (χ2v) is 8.00. The van der Waals surface area contributed by atoms with Gasteiger partial charge < -0.3 is 16.0 Å². The van der Waals surface area contributed by atoms with Gasteiger partial charge in [0.1, 0.15) is 5.82 Å². The van der Waals surface area contributed by atoms with Crippen LogP contribution in [0, 0.1) is 23.6 Å². The van der Waals surface area contributed by atoms with Crippen molar-refractivity contribution in [3.05, 3.63) is 24.0 Å². The lowest BCUT2D eigenvalue weighted by Crippen LogP contribution is -2.48. The van der Waals surface area contributed by atoms with E-state index in [0.717, 1.165) is 32.1 Å². The molecule has 7 heteroatoms. The molecule has 148 valence electrons. The fourth-order valence-electron chi connectivity index (χ4n) is 4.95. The van der Waals surface area contributed by atoms with Gasteiger partial charge in [0.2, 0.25) is 11.8 Å². The molecule has 2 atom stereocenters. The molecular formula is C20H27ClFN3O2. The van der Waals surface area contributed by atoms with Crippen molar-refractivity contribution in [3.63, 3.8) is 0 Å². The molecule has 2 unspecified atom stereocenters. The van der Waals surface area contributed by atoms with Gasteiger partial charge in [-0.05, 0) is 62.1 Å². The zero-order valence-corrected chi connectivity index (χ0v) is 16.1. The molecule has 2 saturated carbocycles. The number of benzene rings is 1. The third-order valence-corrected chi connectivity index (χ3v) is 6.36. The summed E-state index contributed by atoms with van der Waals surface area (Å²) in [5.41, 5.74) is 7.04. The van der Waals surface area contributed by atoms with Gasteiger partial charge >= 0.3 is 0 Å². The number of fused-ring (bicyclic) bond motifs is 2. The summed E-state index contributed by atoms with van der Waals surface area (Å²) in [5, 5.41) is 2.86. The number of hydrogen-bond acceptors (Lipinski definition) is 3. The van der Waals surface area contributed by atoms with Gasteiger partial charge in [-0.2, -0.15) is 0 Å². The molecule has 1 saturated heterocycles. The van der Waals surface area contributed by atoms with Crippen LogP contribution in [-0.4, -0.2) is 24.4 Å². The fraction of sp³-hybridized carbons (Fsp3) is 0.600. The average molecular weight is 396 g/mol. The number of anilines is 2. The lowest BCUT2D eigenvalue weighted by molar-refractivity contribution is -0.122. The second kappa shape index (κ2) is 8.15. The summed E-state index contributed by atoms with van der Waals surface area (Å²) >= 11 is 0. The summed E-state index contributed by atoms with van der Waals surface area (Å²) in [6, 6.07) is 4.80. The Labute approximate surface area is 165 Å². The first kappa shape index (κ1) is 20.1. The fourth-order valence-corrected chi connectivity index (χ4v) is 4.95. The Morgan fingerprint density at radius 1 is 1.19 bits per heavy atom. The molecule has 1 heterocycles. The predicted octanol–water partition coefficient (Wildman–Crippen LogP) is 3.47. The molecule has 0 aromatic heterocycles. The smallest absolute Gasteiger partial charge is 0.227 e. The Kier molecular flexibility index (Phi) is 6.06. The van der Waals surface area contributed by atoms with Crippen molar-refractivity contribution in [2.75, 3.05) is 16.8 Å². The van der Waals surface area contributed by atoms with Crippen molar-refractivity contribution in [1.29, 1.82) is 0 Å². The monoisotopic (exact) mass is 395 g/mol. The lowest BCUT2D eigenvalue weighted by atomic mass is 9.65. The van der Waals surface area contributed by atoms with Crippen molar-refractivity contribution in [3.8, 4) is 0 Å². The first-order valence-corrected chi connectivity index (χ1v) is 9.69. The van der Waals surface area contributed by atoms with E-state index < -0.39 is 5.82 Å². The van der Waals surface area contributed by atoms with Crippen LogP contribution in [-0.2, 0) is 9.59 Å². The van der Waals surface area contributed by atoms with E-state index in [1.165, 1.54) is 17.4 Å². The Balaban J connectivity index is 0.00000210. The summed E-state index contributed by atoms with van der Waals surface area (Å²) in [6.45, 7) is 0.548. The number of rotatable bonds is 3. The van der Waals surface area contributed by atoms with Gasteiger partial charge in [-0.3, -0.25) is 9.59 Å². The molecule has 2 bridgehead atoms. The van der Waals surface area contributed by atoms with Crippen LogP contribution < -0.4 is 16.0 Å². The van der Waals surface area contributed by atoms with Crippen LogP contribution in [0.25, 0.3) is 0 Å². The number of halogens is 2. The molecule has 3 aliphatic rings. The molecule has 1 aromatic rings. The van der Waals surface area contributed by atoms with Crippen molar-refractivity contribution in [2.45, 2.75) is 51.0 Å². The topological polar surface area (TPSA) is 75.4 Å². The van der Waals surface area contributed by atoms with Crippen molar-refractivity contribution < 1.29 is 14.0 Å². The number of nitrogens with one attached hydrogen (secondary N) is 1. The number of carbonyl (C=O) groups is 2. The van der Waals surface area contributed by atoms with Crippen molar-refractivity contribution >= 4 is 35.6 Å². The Hall–Kier alpha value is -1.66. The summed E-state index contributed by atoms with van der Waals surface area (Å²) in [7, 11) is 0. The maximum Gasteiger partial charge on any atom is 0.227 e. The standard InChI is InChI=1S/C20H26FN3O2.ClH/c21-16-11-15(6-7-17(16)24-8-2-5-18(24)25)23-20(26)14-9-12-3-1-4-13(10-14)19(12)22;/h6-7,11-14,19H,1-5,8-10,22H2,(H,23,26);1H. The SMILES string of the molecule is Cl.NC1C2CCCC1CC(C(=O)Nc1ccc(N3CCCC3=O)c(F)c1)C2. The van der Waals surface area contributed by atoms with Crippen LogP contribution in [0.1, 0.15) is 44.9 Å². The number of nitrogens with two attached hydrogens (primary N) is 1. The molecule has 1 aromatic carbocycles. The molecule has 3 fully saturated rings. The van der Waals surface area contributed by atoms with Crippen LogP contribution in [0.3, 0.4) is 0 Å². The van der Waals surface area contributed by atoms with E-state index in [1.54, 1.807) is 12.1 Å². The summed E-state index contributed by atoms with van der Waals surface area (Å²) in [4.78, 5) is 25.9. The zero-order valence-electron chi connectivity index (χ0n) is 15.3. The van der Waals surface area contributed by atoms with E-state index in [-0.39, 0.29) is 36.2 Å². The predicted molar refractivity (Wildman–Crippen MR) is 105 cm³/mol. The summed E-state index contributed by atoms with van der Waals surface area (Å²) < 4.78 is 14.4. The van der Waals surface area contributed by atoms with Crippen LogP contribution in [0.15, 0.2) is 18.2 Å². The third kappa shape index (κ3) is 3.97. The minimum Gasteiger partial charge on any atom is -0.327 e. The van der Waals surface area contributed by atoms with E-state index >= 15 is 0 Å². The van der Waals surface area contributed by atoms with Crippen LogP contribution in [0.4, 0.5) is 15.8 Å². The highest BCUT2D eigenvalue weighted by Crippen LogP contribution is 2.42. The highest BCUT2D eigenvalue weighted by atomic mass is 35.5. The highest BCUT2D eigenvalue weighted by molar-refractivity contribution is 5.96. The number of amides is 2. The van der Waals surface area contributed by atoms with Gasteiger partial charge in [0.25, 0.3) is 0 Å². The molecule has 1 aliphatic heterocycles. The van der Waals surface area contributed by atoms with E-state index in [1.807, 2.05) is 0 Å². The van der Waals surface area contributed by atoms with E-state index in [9.17, 15) is 14.0 Å². The average Bonchev–Trinajstić information content (AvgIpc) is 3.00. The van der Waals surface area contributed by atoms with Gasteiger partial charge in [-0.15, -0.1) is 12.4 Å². The van der Waals surface area contributed by atoms with Gasteiger partial charge in [-0.25, -0.2) is 4.39 Å². The largest absolute Gasteiger partial charge is 0.327 e. The third-order valence-electron chi connectivity index (χ3n) is 6.36. The highest BCUT2D eigenvalue weighted by Gasteiger charge is 2.40. The van der Waals surface area contributed by atoms with Crippen LogP contribution >= 0.6 is 12.4 Å². The molecular weight excluding hydrogens is 369 g/mol. The Morgan fingerprint density at radius 3 is 2.48 bits per heavy atom. The molecule has 3 N–H and O–H groups in total. The first-order chi connectivity index (χ1) is 12.5. The normalized spacial score (nSPS) is 30.0. The molecule has 0 spiro atoms. The summed E-state index contributed by atoms with van der Waals surface area (Å²) in [6.07, 6.45) is 6.29. The zero-order chi connectivity index (χ0) is 18.3. The van der Waals surface area contributed by atoms with E-state index in [4.69, 9.17) is 5.73 Å². The maximum absolute atomic E-state index is 14.4. The lowest BCUT2D eigenvalue weighted by Gasteiger charge is -2.43. The number of nitrogens with zero attached hydrogens (tertiary/aromatic N) is 1. The summed E-state index contributed by atoms with van der Waals surface area (Å²) in [5.74, 6) is 0.245. The van der Waals surface area contributed by atoms with Crippen LogP contribution in [0.5, 0.6) is 0 Å². The Bertz CT molecular complexity index is 715. The molecule has 4 rings (SSSR count). The first-order valence-electron chi connectivity index (χ1n) is 9.69. The van der Waals surface area contributed by atoms with E-state index in [2.05, 4.69) is 5.32 Å². The molecule has 0 radical (unpaired) electrons. The van der Waals surface area contributed by atoms with Gasteiger partial charge in [0.05, 0.1) is 5.69 Å². The second-order valence-electron chi connectivity index (χ2n) is 8.00. The quantitative estimate of drug-likeness (QED) is 0.822. The number of carbonyl (C=O) groups excluding carboxylic acids is 2. The van der Waals surface area contributed by atoms with Crippen molar-refractivity contribution in [2.24, 2.45) is 23.5 Å². The Morgan fingerprint density at radius 2 is 1.89 bits per heavy atom. The minimum atomic E-state index is -0.472. The van der Waals surface area contributed by atoms with E-state index in [0.29, 0.717) is 36.2 Å². The molecule has 27 heavy (non-hydrogen) atoms. The number of hydrogen-bond donors (Lipinski definition) is 2. The van der Waals surface area contributed by atoms with Gasteiger partial charge in [0.15, 0.2) is 0 Å². The van der Waals surface area contributed by atoms with Gasteiger partial charge in [-0.1, -0.05) is 6.42 Å².